The molecule has 0 aliphatic rings. The van der Waals surface area contributed by atoms with Gasteiger partial charge in [0.25, 0.3) is 0 Å². The monoisotopic (exact) mass is 246 g/mol. The summed E-state index contributed by atoms with van der Waals surface area (Å²) in [6.07, 6.45) is -0.119. The fourth-order valence-corrected chi connectivity index (χ4v) is 1.42. The van der Waals surface area contributed by atoms with Crippen molar-refractivity contribution in [1.29, 1.82) is 5.26 Å². The van der Waals surface area contributed by atoms with Gasteiger partial charge in [-0.15, -0.1) is 0 Å². The van der Waals surface area contributed by atoms with E-state index >= 15 is 0 Å². The van der Waals surface area contributed by atoms with Gasteiger partial charge in [-0.1, -0.05) is 12.1 Å². The molecule has 1 aromatic rings. The van der Waals surface area contributed by atoms with E-state index in [-0.39, 0.29) is 13.0 Å². The lowest BCUT2D eigenvalue weighted by atomic mass is 9.93. The first-order valence-corrected chi connectivity index (χ1v) is 5.29. The van der Waals surface area contributed by atoms with Crippen molar-refractivity contribution in [3.05, 3.63) is 47.1 Å². The largest absolute Gasteiger partial charge is 0.459 e. The van der Waals surface area contributed by atoms with Crippen molar-refractivity contribution < 1.29 is 13.9 Å². The number of ether oxygens (including phenoxy) is 1. The van der Waals surface area contributed by atoms with Crippen LogP contribution >= 0.6 is 0 Å². The molecule has 5 heteroatoms. The van der Waals surface area contributed by atoms with Gasteiger partial charge in [0.15, 0.2) is 6.07 Å². The zero-order chi connectivity index (χ0) is 13.6. The number of carbonyl (C=O) groups is 1. The van der Waals surface area contributed by atoms with Crippen LogP contribution < -0.4 is 0 Å². The summed E-state index contributed by atoms with van der Waals surface area (Å²) in [6.45, 7) is 8.73. The molecule has 0 spiro atoms. The second kappa shape index (κ2) is 5.79. The minimum Gasteiger partial charge on any atom is -0.459 e. The molecule has 0 amide bonds. The van der Waals surface area contributed by atoms with Gasteiger partial charge in [-0.3, -0.25) is 4.85 Å². The highest BCUT2D eigenvalue weighted by atomic mass is 19.1. The van der Waals surface area contributed by atoms with Gasteiger partial charge in [-0.2, -0.15) is 5.26 Å². The third-order valence-corrected chi connectivity index (χ3v) is 2.36. The third-order valence-electron chi connectivity index (χ3n) is 2.36. The molecule has 4 nitrogen and oxygen atoms in total. The van der Waals surface area contributed by atoms with Crippen molar-refractivity contribution in [1.82, 2.24) is 0 Å². The predicted molar refractivity (Wildman–Crippen MR) is 61.7 cm³/mol. The number of benzene rings is 1. The molecular weight excluding hydrogens is 235 g/mol. The number of carbonyl (C=O) groups excluding carboxylic acids is 1. The van der Waals surface area contributed by atoms with E-state index in [1.165, 1.54) is 24.3 Å². The number of esters is 1. The maximum atomic E-state index is 12.7. The lowest BCUT2D eigenvalue weighted by Gasteiger charge is -2.12. The zero-order valence-corrected chi connectivity index (χ0v) is 9.81. The van der Waals surface area contributed by atoms with E-state index < -0.39 is 17.3 Å². The van der Waals surface area contributed by atoms with Gasteiger partial charge < -0.3 is 4.74 Å². The summed E-state index contributed by atoms with van der Waals surface area (Å²) in [5.41, 5.74) is -1.37. The molecule has 0 saturated heterocycles. The smallest absolute Gasteiger partial charge is 0.413 e. The Morgan fingerprint density at radius 3 is 2.61 bits per heavy atom. The van der Waals surface area contributed by atoms with Crippen LogP contribution in [0.5, 0.6) is 0 Å². The van der Waals surface area contributed by atoms with Crippen LogP contribution in [0.4, 0.5) is 4.39 Å². The summed E-state index contributed by atoms with van der Waals surface area (Å²) in [6, 6.07) is 6.99. The Kier molecular flexibility index (Phi) is 4.39. The summed E-state index contributed by atoms with van der Waals surface area (Å²) < 4.78 is 17.5. The van der Waals surface area contributed by atoms with Crippen LogP contribution in [0.2, 0.25) is 0 Å². The molecule has 1 unspecified atom stereocenters. The van der Waals surface area contributed by atoms with Gasteiger partial charge >= 0.3 is 11.5 Å². The fourth-order valence-electron chi connectivity index (χ4n) is 1.42. The standard InChI is InChI=1S/C13H11FN2O2/c1-3-18-12(17)13(9-15,16-2)8-10-4-6-11(14)7-5-10/h4-7H,3,8H2,1H3. The molecule has 0 fully saturated rings. The topological polar surface area (TPSA) is 54.5 Å². The lowest BCUT2D eigenvalue weighted by molar-refractivity contribution is -0.145. The molecule has 0 aromatic heterocycles. The van der Waals surface area contributed by atoms with E-state index in [4.69, 9.17) is 16.6 Å². The normalized spacial score (nSPS) is 12.9. The van der Waals surface area contributed by atoms with Crippen LogP contribution in [-0.2, 0) is 16.0 Å². The Labute approximate surface area is 104 Å². The Balaban J connectivity index is 3.01. The van der Waals surface area contributed by atoms with Crippen LogP contribution in [0.1, 0.15) is 12.5 Å². The number of nitrogens with zero attached hydrogens (tertiary/aromatic N) is 2. The number of nitriles is 1. The molecule has 0 saturated carbocycles. The summed E-state index contributed by atoms with van der Waals surface area (Å²) in [4.78, 5) is 14.8. The maximum Gasteiger partial charge on any atom is 0.413 e. The van der Waals surface area contributed by atoms with Crippen molar-refractivity contribution >= 4 is 5.97 Å². The Hall–Kier alpha value is -2.40. The molecule has 0 aliphatic heterocycles. The molecule has 1 aromatic carbocycles. The second-order valence-corrected chi connectivity index (χ2v) is 3.61. The van der Waals surface area contributed by atoms with Crippen LogP contribution in [0.15, 0.2) is 24.3 Å². The molecule has 18 heavy (non-hydrogen) atoms. The average Bonchev–Trinajstić information content (AvgIpc) is 2.38. The Morgan fingerprint density at radius 2 is 2.17 bits per heavy atom. The Bertz CT molecular complexity index is 497. The quantitative estimate of drug-likeness (QED) is 0.604. The van der Waals surface area contributed by atoms with Crippen molar-refractivity contribution in [2.24, 2.45) is 0 Å². The molecular formula is C13H11FN2O2. The maximum absolute atomic E-state index is 12.7. The summed E-state index contributed by atoms with van der Waals surface area (Å²) in [5.74, 6) is -1.29. The molecule has 92 valence electrons. The SMILES string of the molecule is [C-]#[N+]C(C#N)(Cc1ccc(F)cc1)C(=O)OCC. The van der Waals surface area contributed by atoms with E-state index in [9.17, 15) is 9.18 Å². The van der Waals surface area contributed by atoms with Gasteiger partial charge in [0.1, 0.15) is 5.82 Å². The molecule has 0 N–H and O–H groups in total. The van der Waals surface area contributed by atoms with Crippen LogP contribution in [0.25, 0.3) is 4.85 Å². The van der Waals surface area contributed by atoms with E-state index in [0.717, 1.165) is 0 Å². The molecule has 0 heterocycles. The number of hydrogen-bond acceptors (Lipinski definition) is 3. The van der Waals surface area contributed by atoms with Crippen molar-refractivity contribution in [2.45, 2.75) is 18.9 Å². The van der Waals surface area contributed by atoms with Gasteiger partial charge in [-0.25, -0.2) is 15.8 Å². The fraction of sp³-hybridized carbons (Fsp3) is 0.308. The van der Waals surface area contributed by atoms with Gasteiger partial charge in [0, 0.05) is 0 Å². The first-order valence-electron chi connectivity index (χ1n) is 5.29. The molecule has 0 radical (unpaired) electrons. The minimum absolute atomic E-state index is 0.0984. The van der Waals surface area contributed by atoms with E-state index in [1.807, 2.05) is 0 Å². The number of rotatable bonds is 4. The lowest BCUT2D eigenvalue weighted by Crippen LogP contribution is -2.37. The average molecular weight is 246 g/mol. The summed E-state index contributed by atoms with van der Waals surface area (Å²) in [7, 11) is 0. The molecule has 0 bridgehead atoms. The predicted octanol–water partition coefficient (Wildman–Crippen LogP) is 2.11. The van der Waals surface area contributed by atoms with Crippen LogP contribution in [0, 0.1) is 23.7 Å². The number of hydrogen-bond donors (Lipinski definition) is 0. The number of halogens is 1. The van der Waals surface area contributed by atoms with Crippen LogP contribution in [-0.4, -0.2) is 18.1 Å². The van der Waals surface area contributed by atoms with Crippen molar-refractivity contribution in [2.75, 3.05) is 6.61 Å². The van der Waals surface area contributed by atoms with Gasteiger partial charge in [0.2, 0.25) is 0 Å². The van der Waals surface area contributed by atoms with E-state index in [1.54, 1.807) is 13.0 Å². The van der Waals surface area contributed by atoms with Crippen molar-refractivity contribution in [3.8, 4) is 6.07 Å². The summed E-state index contributed by atoms with van der Waals surface area (Å²) >= 11 is 0. The highest BCUT2D eigenvalue weighted by Crippen LogP contribution is 2.20. The van der Waals surface area contributed by atoms with E-state index in [2.05, 4.69) is 4.85 Å². The summed E-state index contributed by atoms with van der Waals surface area (Å²) in [5, 5.41) is 9.05. The highest BCUT2D eigenvalue weighted by molar-refractivity contribution is 5.87. The molecule has 1 atom stereocenters. The van der Waals surface area contributed by atoms with E-state index in [0.29, 0.717) is 5.56 Å². The second-order valence-electron chi connectivity index (χ2n) is 3.61. The van der Waals surface area contributed by atoms with Crippen molar-refractivity contribution in [3.63, 3.8) is 0 Å². The van der Waals surface area contributed by atoms with Gasteiger partial charge in [0.05, 0.1) is 13.0 Å². The molecule has 1 rings (SSSR count). The van der Waals surface area contributed by atoms with Gasteiger partial charge in [-0.05, 0) is 24.6 Å². The van der Waals surface area contributed by atoms with Crippen LogP contribution in [0.3, 0.4) is 0 Å². The third kappa shape index (κ3) is 2.83. The Morgan fingerprint density at radius 1 is 1.56 bits per heavy atom. The zero-order valence-electron chi connectivity index (χ0n) is 9.81. The highest BCUT2D eigenvalue weighted by Gasteiger charge is 2.48. The molecule has 0 aliphatic carbocycles. The first-order chi connectivity index (χ1) is 8.57. The first kappa shape index (κ1) is 13.7. The minimum atomic E-state index is -1.90.